The van der Waals surface area contributed by atoms with Gasteiger partial charge in [0.05, 0.1) is 43.9 Å². The highest BCUT2D eigenvalue weighted by Crippen LogP contribution is 2.43. The van der Waals surface area contributed by atoms with Crippen LogP contribution in [0.15, 0.2) is 46.5 Å². The normalized spacial score (nSPS) is 10.8. The van der Waals surface area contributed by atoms with Crippen molar-refractivity contribution in [1.29, 1.82) is 0 Å². The van der Waals surface area contributed by atoms with Crippen molar-refractivity contribution < 1.29 is 14.2 Å². The van der Waals surface area contributed by atoms with E-state index < -0.39 is 0 Å². The summed E-state index contributed by atoms with van der Waals surface area (Å²) in [4.78, 5) is 6.73. The van der Waals surface area contributed by atoms with E-state index in [0.29, 0.717) is 0 Å². The van der Waals surface area contributed by atoms with Crippen LogP contribution >= 0.6 is 23.5 Å². The Balaban J connectivity index is 2.19. The Kier molecular flexibility index (Phi) is 6.46. The summed E-state index contributed by atoms with van der Waals surface area (Å²) in [6, 6.07) is 10.2. The molecule has 148 valence electrons. The molecule has 1 aromatic heterocycles. The number of hydrogen-bond acceptors (Lipinski definition) is 6. The van der Waals surface area contributed by atoms with E-state index in [2.05, 4.69) is 17.1 Å². The molecule has 0 fully saturated rings. The predicted octanol–water partition coefficient (Wildman–Crippen LogP) is 5.22. The van der Waals surface area contributed by atoms with Crippen molar-refractivity contribution >= 4 is 23.5 Å². The maximum atomic E-state index is 5.60. The van der Waals surface area contributed by atoms with Gasteiger partial charge >= 0.3 is 0 Å². The summed E-state index contributed by atoms with van der Waals surface area (Å²) in [6.45, 7) is 0. The number of methoxy groups -OCH3 is 3. The monoisotopic (exact) mass is 416 g/mol. The zero-order valence-corrected chi connectivity index (χ0v) is 18.5. The van der Waals surface area contributed by atoms with E-state index in [1.165, 1.54) is 0 Å². The fourth-order valence-electron chi connectivity index (χ4n) is 3.18. The largest absolute Gasteiger partial charge is 0.496 e. The molecule has 0 unspecified atom stereocenters. The zero-order valence-electron chi connectivity index (χ0n) is 16.9. The van der Waals surface area contributed by atoms with Gasteiger partial charge in [-0.1, -0.05) is 0 Å². The molecule has 0 radical (unpaired) electrons. The van der Waals surface area contributed by atoms with E-state index in [1.54, 1.807) is 44.9 Å². The summed E-state index contributed by atoms with van der Waals surface area (Å²) in [5.74, 6) is 2.42. The highest BCUT2D eigenvalue weighted by molar-refractivity contribution is 7.99. The molecule has 1 heterocycles. The average Bonchev–Trinajstić information content (AvgIpc) is 3.13. The standard InChI is InChI=1S/C21H24N2O3S2/c1-23-12-22-19(14-9-16(25-3)21(28-6)17(10-14)26-4)20(23)13-7-8-15(24-2)18(11-13)27-5/h7-12H,1-6H3. The Labute approximate surface area is 174 Å². The summed E-state index contributed by atoms with van der Waals surface area (Å²) < 4.78 is 18.7. The molecule has 0 aliphatic heterocycles. The Morgan fingerprint density at radius 3 is 2.00 bits per heavy atom. The smallest absolute Gasteiger partial charge is 0.136 e. The maximum absolute atomic E-state index is 5.60. The van der Waals surface area contributed by atoms with Crippen molar-refractivity contribution in [3.8, 4) is 39.8 Å². The van der Waals surface area contributed by atoms with Gasteiger partial charge in [-0.2, -0.15) is 0 Å². The van der Waals surface area contributed by atoms with Crippen molar-refractivity contribution in [3.63, 3.8) is 0 Å². The number of rotatable bonds is 7. The maximum Gasteiger partial charge on any atom is 0.136 e. The number of hydrogen-bond donors (Lipinski definition) is 0. The molecule has 0 aliphatic carbocycles. The molecule has 0 N–H and O–H groups in total. The van der Waals surface area contributed by atoms with Crippen LogP contribution < -0.4 is 14.2 Å². The van der Waals surface area contributed by atoms with Gasteiger partial charge in [0.15, 0.2) is 0 Å². The number of benzene rings is 2. The fraction of sp³-hybridized carbons (Fsp3) is 0.286. The molecular weight excluding hydrogens is 392 g/mol. The molecule has 7 heteroatoms. The highest BCUT2D eigenvalue weighted by atomic mass is 32.2. The molecule has 0 aliphatic rings. The SMILES string of the molecule is COc1ccc(-c2c(-c3cc(OC)c(SC)c(OC)c3)ncn2C)cc1SC. The first-order chi connectivity index (χ1) is 13.6. The van der Waals surface area contributed by atoms with Crippen molar-refractivity contribution in [2.45, 2.75) is 9.79 Å². The first-order valence-electron chi connectivity index (χ1n) is 8.62. The Hall–Kier alpha value is -2.25. The lowest BCUT2D eigenvalue weighted by atomic mass is 10.0. The first kappa shape index (κ1) is 20.5. The Bertz CT molecular complexity index is 961. The Morgan fingerprint density at radius 1 is 0.821 bits per heavy atom. The topological polar surface area (TPSA) is 45.5 Å². The minimum atomic E-state index is 0.776. The lowest BCUT2D eigenvalue weighted by Crippen LogP contribution is -1.96. The van der Waals surface area contributed by atoms with Crippen molar-refractivity contribution in [3.05, 3.63) is 36.7 Å². The second-order valence-corrected chi connectivity index (χ2v) is 7.70. The lowest BCUT2D eigenvalue weighted by Gasteiger charge is -2.15. The molecule has 0 amide bonds. The van der Waals surface area contributed by atoms with E-state index in [0.717, 1.165) is 49.6 Å². The number of ether oxygens (including phenoxy) is 3. The van der Waals surface area contributed by atoms with E-state index in [-0.39, 0.29) is 0 Å². The van der Waals surface area contributed by atoms with E-state index in [4.69, 9.17) is 14.2 Å². The van der Waals surface area contributed by atoms with Crippen LogP contribution in [0.25, 0.3) is 22.5 Å². The summed E-state index contributed by atoms with van der Waals surface area (Å²) in [5.41, 5.74) is 3.93. The van der Waals surface area contributed by atoms with Crippen LogP contribution in [-0.4, -0.2) is 43.4 Å². The van der Waals surface area contributed by atoms with Crippen LogP contribution in [0.5, 0.6) is 17.2 Å². The second-order valence-electron chi connectivity index (χ2n) is 6.04. The molecule has 5 nitrogen and oxygen atoms in total. The predicted molar refractivity (Wildman–Crippen MR) is 117 cm³/mol. The van der Waals surface area contributed by atoms with Gasteiger partial charge in [-0.3, -0.25) is 0 Å². The zero-order chi connectivity index (χ0) is 20.3. The minimum absolute atomic E-state index is 0.776. The van der Waals surface area contributed by atoms with Crippen molar-refractivity contribution in [2.75, 3.05) is 33.8 Å². The molecule has 28 heavy (non-hydrogen) atoms. The van der Waals surface area contributed by atoms with Crippen LogP contribution in [0, 0.1) is 0 Å². The van der Waals surface area contributed by atoms with E-state index >= 15 is 0 Å². The molecular formula is C21H24N2O3S2. The Morgan fingerprint density at radius 2 is 1.46 bits per heavy atom. The fourth-order valence-corrected chi connectivity index (χ4v) is 4.47. The van der Waals surface area contributed by atoms with Gasteiger partial charge < -0.3 is 18.8 Å². The molecule has 0 saturated heterocycles. The van der Waals surface area contributed by atoms with Gasteiger partial charge in [-0.15, -0.1) is 23.5 Å². The minimum Gasteiger partial charge on any atom is -0.496 e. The molecule has 0 spiro atoms. The third kappa shape index (κ3) is 3.69. The van der Waals surface area contributed by atoms with E-state index in [9.17, 15) is 0 Å². The van der Waals surface area contributed by atoms with Gasteiger partial charge in [0.2, 0.25) is 0 Å². The van der Waals surface area contributed by atoms with Gasteiger partial charge in [-0.25, -0.2) is 4.98 Å². The molecule has 0 saturated carbocycles. The number of imidazole rings is 1. The van der Waals surface area contributed by atoms with Gasteiger partial charge in [0.1, 0.15) is 17.2 Å². The van der Waals surface area contributed by atoms with Crippen LogP contribution in [0.3, 0.4) is 0 Å². The summed E-state index contributed by atoms with van der Waals surface area (Å²) >= 11 is 3.26. The number of nitrogens with zero attached hydrogens (tertiary/aromatic N) is 2. The molecule has 2 aromatic carbocycles. The van der Waals surface area contributed by atoms with Crippen LogP contribution in [0.2, 0.25) is 0 Å². The number of thioether (sulfide) groups is 2. The number of aryl methyl sites for hydroxylation is 1. The van der Waals surface area contributed by atoms with Crippen molar-refractivity contribution in [2.24, 2.45) is 7.05 Å². The molecule has 0 atom stereocenters. The third-order valence-corrected chi connectivity index (χ3v) is 6.10. The van der Waals surface area contributed by atoms with E-state index in [1.807, 2.05) is 48.7 Å². The molecule has 0 bridgehead atoms. The molecule has 3 rings (SSSR count). The summed E-state index contributed by atoms with van der Waals surface area (Å²) in [5, 5.41) is 0. The van der Waals surface area contributed by atoms with Crippen molar-refractivity contribution in [1.82, 2.24) is 9.55 Å². The van der Waals surface area contributed by atoms with Crippen LogP contribution in [0.4, 0.5) is 0 Å². The lowest BCUT2D eigenvalue weighted by molar-refractivity contribution is 0.377. The highest BCUT2D eigenvalue weighted by Gasteiger charge is 2.19. The van der Waals surface area contributed by atoms with Gasteiger partial charge in [-0.05, 0) is 42.8 Å². The van der Waals surface area contributed by atoms with Crippen LogP contribution in [-0.2, 0) is 7.05 Å². The third-order valence-electron chi connectivity index (χ3n) is 4.53. The quantitative estimate of drug-likeness (QED) is 0.492. The molecule has 3 aromatic rings. The second kappa shape index (κ2) is 8.84. The number of aromatic nitrogens is 2. The van der Waals surface area contributed by atoms with Gasteiger partial charge in [0, 0.05) is 23.1 Å². The first-order valence-corrected chi connectivity index (χ1v) is 11.1. The summed E-state index contributed by atoms with van der Waals surface area (Å²) in [7, 11) is 7.04. The average molecular weight is 417 g/mol. The van der Waals surface area contributed by atoms with Gasteiger partial charge in [0.25, 0.3) is 0 Å². The van der Waals surface area contributed by atoms with Crippen LogP contribution in [0.1, 0.15) is 0 Å². The summed E-state index contributed by atoms with van der Waals surface area (Å²) in [6.07, 6.45) is 5.88.